The van der Waals surface area contributed by atoms with E-state index in [0.29, 0.717) is 6.04 Å². The Labute approximate surface area is 181 Å². The number of likely N-dealkylation sites (tertiary alicyclic amines) is 1. The maximum absolute atomic E-state index is 13.2. The molecular weight excluding hydrogens is 378 g/mol. The van der Waals surface area contributed by atoms with Crippen LogP contribution < -0.4 is 5.32 Å². The first-order valence-corrected chi connectivity index (χ1v) is 12.2. The molecule has 3 aliphatic rings. The number of aryl methyl sites for hydroxylation is 1. The zero-order chi connectivity index (χ0) is 20.8. The van der Waals surface area contributed by atoms with Crippen molar-refractivity contribution < 1.29 is 9.53 Å². The van der Waals surface area contributed by atoms with Crippen molar-refractivity contribution in [3.63, 3.8) is 0 Å². The number of rotatable bonds is 8. The normalized spacial score (nSPS) is 22.8. The van der Waals surface area contributed by atoms with Gasteiger partial charge >= 0.3 is 0 Å². The van der Waals surface area contributed by atoms with Gasteiger partial charge in [0.05, 0.1) is 13.2 Å². The summed E-state index contributed by atoms with van der Waals surface area (Å²) in [6, 6.07) is 0.453. The first kappa shape index (κ1) is 21.8. The zero-order valence-electron chi connectivity index (χ0n) is 18.7. The largest absolute Gasteiger partial charge is 0.379 e. The molecule has 7 nitrogen and oxygen atoms in total. The number of carbonyl (C=O) groups excluding carboxylic acids is 1. The van der Waals surface area contributed by atoms with Gasteiger partial charge in [0.15, 0.2) is 5.69 Å². The Morgan fingerprint density at radius 1 is 1.13 bits per heavy atom. The van der Waals surface area contributed by atoms with Crippen molar-refractivity contribution in [3.05, 3.63) is 17.0 Å². The Balaban J connectivity index is 1.36. The number of ether oxygens (including phenoxy) is 1. The molecule has 3 heterocycles. The second-order valence-electron chi connectivity index (χ2n) is 9.05. The number of amides is 1. The Morgan fingerprint density at radius 3 is 2.70 bits per heavy atom. The molecule has 0 radical (unpaired) electrons. The lowest BCUT2D eigenvalue weighted by molar-refractivity contribution is 0.0373. The standard InChI is InChI=1S/C23H39N5O2/c1-2-10-28-21-8-7-19(24-9-6-11-26-14-16-30-17-15-26)18-20(21)22(25-28)23(29)27-12-4-3-5-13-27/h19,24H,2-18H2,1H3. The van der Waals surface area contributed by atoms with E-state index in [1.807, 2.05) is 4.90 Å². The van der Waals surface area contributed by atoms with Gasteiger partial charge in [-0.25, -0.2) is 0 Å². The summed E-state index contributed by atoms with van der Waals surface area (Å²) in [7, 11) is 0. The monoisotopic (exact) mass is 417 g/mol. The molecular formula is C23H39N5O2. The molecule has 1 unspecified atom stereocenters. The minimum absolute atomic E-state index is 0.161. The van der Waals surface area contributed by atoms with Crippen LogP contribution in [0.15, 0.2) is 0 Å². The molecule has 2 fully saturated rings. The predicted octanol–water partition coefficient (Wildman–Crippen LogP) is 2.09. The molecule has 1 aliphatic carbocycles. The highest BCUT2D eigenvalue weighted by molar-refractivity contribution is 5.94. The fraction of sp³-hybridized carbons (Fsp3) is 0.826. The quantitative estimate of drug-likeness (QED) is 0.657. The van der Waals surface area contributed by atoms with E-state index in [1.54, 1.807) is 0 Å². The lowest BCUT2D eigenvalue weighted by atomic mass is 9.90. The Bertz CT molecular complexity index is 692. The lowest BCUT2D eigenvalue weighted by Crippen LogP contribution is -2.40. The molecule has 30 heavy (non-hydrogen) atoms. The summed E-state index contributed by atoms with van der Waals surface area (Å²) in [4.78, 5) is 17.8. The van der Waals surface area contributed by atoms with Crippen molar-refractivity contribution in [2.75, 3.05) is 52.5 Å². The Kier molecular flexibility index (Phi) is 7.79. The van der Waals surface area contributed by atoms with E-state index in [4.69, 9.17) is 9.84 Å². The van der Waals surface area contributed by atoms with Crippen LogP contribution >= 0.6 is 0 Å². The second kappa shape index (κ2) is 10.7. The van der Waals surface area contributed by atoms with Gasteiger partial charge in [0.25, 0.3) is 5.91 Å². The van der Waals surface area contributed by atoms with E-state index in [9.17, 15) is 4.79 Å². The minimum Gasteiger partial charge on any atom is -0.379 e. The van der Waals surface area contributed by atoms with Gasteiger partial charge in [-0.1, -0.05) is 6.92 Å². The van der Waals surface area contributed by atoms with E-state index in [1.165, 1.54) is 17.7 Å². The number of aromatic nitrogens is 2. The maximum atomic E-state index is 13.2. The van der Waals surface area contributed by atoms with Crippen LogP contribution in [0, 0.1) is 0 Å². The van der Waals surface area contributed by atoms with E-state index < -0.39 is 0 Å². The first-order chi connectivity index (χ1) is 14.8. The van der Waals surface area contributed by atoms with E-state index in [0.717, 1.165) is 110 Å². The number of hydrogen-bond donors (Lipinski definition) is 1. The Morgan fingerprint density at radius 2 is 1.93 bits per heavy atom. The number of nitrogens with zero attached hydrogens (tertiary/aromatic N) is 4. The highest BCUT2D eigenvalue weighted by Crippen LogP contribution is 2.27. The van der Waals surface area contributed by atoms with Gasteiger partial charge in [0.1, 0.15) is 0 Å². The molecule has 1 atom stereocenters. The minimum atomic E-state index is 0.161. The number of hydrogen-bond acceptors (Lipinski definition) is 5. The van der Waals surface area contributed by atoms with Crippen LogP contribution in [0.3, 0.4) is 0 Å². The molecule has 1 N–H and O–H groups in total. The van der Waals surface area contributed by atoms with Gasteiger partial charge in [-0.2, -0.15) is 5.10 Å². The van der Waals surface area contributed by atoms with Crippen LogP contribution in [-0.2, 0) is 24.1 Å². The summed E-state index contributed by atoms with van der Waals surface area (Å²) < 4.78 is 7.56. The molecule has 1 aromatic heterocycles. The van der Waals surface area contributed by atoms with Gasteiger partial charge in [0, 0.05) is 50.0 Å². The summed E-state index contributed by atoms with van der Waals surface area (Å²) in [5.74, 6) is 0.161. The van der Waals surface area contributed by atoms with Gasteiger partial charge in [-0.15, -0.1) is 0 Å². The van der Waals surface area contributed by atoms with Crippen molar-refractivity contribution >= 4 is 5.91 Å². The molecule has 2 aliphatic heterocycles. The fourth-order valence-corrected chi connectivity index (χ4v) is 5.11. The van der Waals surface area contributed by atoms with Crippen molar-refractivity contribution in [1.29, 1.82) is 0 Å². The molecule has 1 amide bonds. The second-order valence-corrected chi connectivity index (χ2v) is 9.05. The average Bonchev–Trinajstić information content (AvgIpc) is 3.15. The molecule has 168 valence electrons. The summed E-state index contributed by atoms with van der Waals surface area (Å²) in [6.45, 7) is 10.9. The molecule has 0 spiro atoms. The summed E-state index contributed by atoms with van der Waals surface area (Å²) in [5, 5.41) is 8.60. The van der Waals surface area contributed by atoms with Crippen molar-refractivity contribution in [2.24, 2.45) is 0 Å². The van der Waals surface area contributed by atoms with Crippen LogP contribution in [0.25, 0.3) is 0 Å². The van der Waals surface area contributed by atoms with Crippen molar-refractivity contribution in [2.45, 2.75) is 70.9 Å². The number of morpholine rings is 1. The average molecular weight is 418 g/mol. The molecule has 2 saturated heterocycles. The third kappa shape index (κ3) is 5.24. The number of nitrogens with one attached hydrogen (secondary N) is 1. The molecule has 0 saturated carbocycles. The third-order valence-corrected chi connectivity index (χ3v) is 6.82. The molecule has 7 heteroatoms. The maximum Gasteiger partial charge on any atom is 0.274 e. The molecule has 1 aromatic rings. The van der Waals surface area contributed by atoms with Crippen LogP contribution in [-0.4, -0.2) is 84.0 Å². The summed E-state index contributed by atoms with van der Waals surface area (Å²) >= 11 is 0. The SMILES string of the molecule is CCCn1nc(C(=O)N2CCCCC2)c2c1CCC(NCCCN1CCOCC1)C2. The van der Waals surface area contributed by atoms with Crippen LogP contribution in [0.5, 0.6) is 0 Å². The number of carbonyl (C=O) groups is 1. The van der Waals surface area contributed by atoms with Crippen LogP contribution in [0.4, 0.5) is 0 Å². The highest BCUT2D eigenvalue weighted by Gasteiger charge is 2.31. The van der Waals surface area contributed by atoms with Gasteiger partial charge in [-0.3, -0.25) is 14.4 Å². The molecule has 4 rings (SSSR count). The van der Waals surface area contributed by atoms with Gasteiger partial charge in [0.2, 0.25) is 0 Å². The van der Waals surface area contributed by atoms with E-state index in [-0.39, 0.29) is 5.91 Å². The van der Waals surface area contributed by atoms with E-state index >= 15 is 0 Å². The number of fused-ring (bicyclic) bond motifs is 1. The molecule has 0 aromatic carbocycles. The first-order valence-electron chi connectivity index (χ1n) is 12.2. The predicted molar refractivity (Wildman–Crippen MR) is 118 cm³/mol. The smallest absolute Gasteiger partial charge is 0.274 e. The zero-order valence-corrected chi connectivity index (χ0v) is 18.7. The summed E-state index contributed by atoms with van der Waals surface area (Å²) in [6.07, 6.45) is 8.79. The topological polar surface area (TPSA) is 62.6 Å². The lowest BCUT2D eigenvalue weighted by Gasteiger charge is -2.28. The fourth-order valence-electron chi connectivity index (χ4n) is 5.11. The van der Waals surface area contributed by atoms with Gasteiger partial charge in [-0.05, 0) is 64.5 Å². The Hall–Kier alpha value is -1.44. The molecule has 0 bridgehead atoms. The number of piperidine rings is 1. The van der Waals surface area contributed by atoms with Crippen molar-refractivity contribution in [1.82, 2.24) is 24.9 Å². The van der Waals surface area contributed by atoms with Gasteiger partial charge < -0.3 is 15.0 Å². The van der Waals surface area contributed by atoms with Crippen LogP contribution in [0.2, 0.25) is 0 Å². The highest BCUT2D eigenvalue weighted by atomic mass is 16.5. The summed E-state index contributed by atoms with van der Waals surface area (Å²) in [5.41, 5.74) is 3.26. The third-order valence-electron chi connectivity index (χ3n) is 6.82. The van der Waals surface area contributed by atoms with E-state index in [2.05, 4.69) is 21.8 Å². The van der Waals surface area contributed by atoms with Crippen LogP contribution in [0.1, 0.15) is 67.2 Å². The van der Waals surface area contributed by atoms with Crippen molar-refractivity contribution in [3.8, 4) is 0 Å².